The van der Waals surface area contributed by atoms with Crippen LogP contribution in [0.5, 0.6) is 5.75 Å². The predicted octanol–water partition coefficient (Wildman–Crippen LogP) is 4.94. The van der Waals surface area contributed by atoms with Crippen LogP contribution < -0.4 is 4.74 Å². The van der Waals surface area contributed by atoms with E-state index >= 15 is 0 Å². The number of alkyl halides is 2. The van der Waals surface area contributed by atoms with Crippen LogP contribution >= 0.6 is 0 Å². The van der Waals surface area contributed by atoms with Gasteiger partial charge in [0.2, 0.25) is 0 Å². The van der Waals surface area contributed by atoms with Crippen molar-refractivity contribution in [1.82, 2.24) is 0 Å². The quantitative estimate of drug-likeness (QED) is 0.719. The van der Waals surface area contributed by atoms with Crippen LogP contribution in [0.15, 0.2) is 42.5 Å². The van der Waals surface area contributed by atoms with E-state index in [0.29, 0.717) is 5.56 Å². The van der Waals surface area contributed by atoms with Crippen molar-refractivity contribution in [2.75, 3.05) is 7.11 Å². The maximum absolute atomic E-state index is 13.1. The first-order chi connectivity index (χ1) is 9.60. The molecule has 0 fully saturated rings. The highest BCUT2D eigenvalue weighted by Gasteiger charge is 2.12. The van der Waals surface area contributed by atoms with Crippen LogP contribution in [0.25, 0.3) is 12.2 Å². The minimum Gasteiger partial charge on any atom is -0.497 e. The Balaban J connectivity index is 2.20. The largest absolute Gasteiger partial charge is 0.497 e. The van der Waals surface area contributed by atoms with Gasteiger partial charge < -0.3 is 4.74 Å². The monoisotopic (exact) mass is 278 g/mol. The number of methoxy groups -OCH3 is 1. The minimum absolute atomic E-state index is 0.525. The summed E-state index contributed by atoms with van der Waals surface area (Å²) in [7, 11) is 1.58. The molecular formula is C16H13F3O. The molecule has 2 aromatic carbocycles. The van der Waals surface area contributed by atoms with Gasteiger partial charge in [-0.15, -0.1) is 0 Å². The summed E-state index contributed by atoms with van der Waals surface area (Å²) in [5.41, 5.74) is 0.841. The van der Waals surface area contributed by atoms with Gasteiger partial charge in [0.1, 0.15) is 11.6 Å². The van der Waals surface area contributed by atoms with Gasteiger partial charge in [-0.3, -0.25) is 0 Å². The van der Waals surface area contributed by atoms with Gasteiger partial charge in [-0.1, -0.05) is 30.4 Å². The summed E-state index contributed by atoms with van der Waals surface area (Å²) in [5.74, 6) is -0.148. The van der Waals surface area contributed by atoms with Crippen LogP contribution in [0, 0.1) is 5.82 Å². The summed E-state index contributed by atoms with van der Waals surface area (Å²) in [6, 6.07) is 10.9. The van der Waals surface area contributed by atoms with Gasteiger partial charge >= 0.3 is 0 Å². The van der Waals surface area contributed by atoms with E-state index in [1.165, 1.54) is 6.07 Å². The lowest BCUT2D eigenvalue weighted by atomic mass is 10.1. The van der Waals surface area contributed by atoms with Gasteiger partial charge in [-0.2, -0.15) is 0 Å². The molecule has 0 atom stereocenters. The standard InChI is InChI=1S/C16H13F3O/c1-20-13-7-4-11(5-8-13)2-3-12-6-9-15(17)14(10-12)16(18)19/h2-10,16H,1H3. The highest BCUT2D eigenvalue weighted by molar-refractivity contribution is 5.70. The summed E-state index contributed by atoms with van der Waals surface area (Å²) >= 11 is 0. The Bertz CT molecular complexity index is 604. The molecule has 0 heterocycles. The van der Waals surface area contributed by atoms with E-state index in [-0.39, 0.29) is 0 Å². The van der Waals surface area contributed by atoms with E-state index in [1.807, 2.05) is 12.1 Å². The Morgan fingerprint density at radius 2 is 1.55 bits per heavy atom. The summed E-state index contributed by atoms with van der Waals surface area (Å²) in [6.45, 7) is 0. The maximum atomic E-state index is 13.1. The molecule has 1 nitrogen and oxygen atoms in total. The molecule has 0 spiro atoms. The lowest BCUT2D eigenvalue weighted by Crippen LogP contribution is -1.91. The second-order valence-electron chi connectivity index (χ2n) is 4.19. The van der Waals surface area contributed by atoms with E-state index in [9.17, 15) is 13.2 Å². The zero-order chi connectivity index (χ0) is 14.5. The molecular weight excluding hydrogens is 265 g/mol. The SMILES string of the molecule is COc1ccc(C=Cc2ccc(F)c(C(F)F)c2)cc1. The molecule has 2 aromatic rings. The molecule has 0 aliphatic heterocycles. The van der Waals surface area contributed by atoms with Crippen molar-refractivity contribution in [3.63, 3.8) is 0 Å². The second-order valence-corrected chi connectivity index (χ2v) is 4.19. The number of halogens is 3. The third-order valence-corrected chi connectivity index (χ3v) is 2.84. The summed E-state index contributed by atoms with van der Waals surface area (Å²) in [5, 5.41) is 0. The predicted molar refractivity (Wildman–Crippen MR) is 73.3 cm³/mol. The lowest BCUT2D eigenvalue weighted by Gasteiger charge is -2.03. The van der Waals surface area contributed by atoms with Crippen molar-refractivity contribution in [3.05, 3.63) is 65.0 Å². The molecule has 0 radical (unpaired) electrons. The van der Waals surface area contributed by atoms with Crippen LogP contribution in [-0.4, -0.2) is 7.11 Å². The second kappa shape index (κ2) is 6.28. The molecule has 0 saturated carbocycles. The van der Waals surface area contributed by atoms with Crippen LogP contribution in [0.4, 0.5) is 13.2 Å². The molecule has 0 bridgehead atoms. The summed E-state index contributed by atoms with van der Waals surface area (Å²) in [4.78, 5) is 0. The van der Waals surface area contributed by atoms with Crippen molar-refractivity contribution in [2.45, 2.75) is 6.43 Å². The Labute approximate surface area is 115 Å². The van der Waals surface area contributed by atoms with Crippen molar-refractivity contribution in [3.8, 4) is 5.75 Å². The van der Waals surface area contributed by atoms with Gasteiger partial charge in [-0.25, -0.2) is 13.2 Å². The maximum Gasteiger partial charge on any atom is 0.266 e. The number of rotatable bonds is 4. The van der Waals surface area contributed by atoms with E-state index in [0.717, 1.165) is 23.4 Å². The topological polar surface area (TPSA) is 9.23 Å². The minimum atomic E-state index is -2.82. The van der Waals surface area contributed by atoms with Crippen LogP contribution in [0.3, 0.4) is 0 Å². The van der Waals surface area contributed by atoms with E-state index in [4.69, 9.17) is 4.74 Å². The first-order valence-corrected chi connectivity index (χ1v) is 6.00. The fourth-order valence-electron chi connectivity index (χ4n) is 1.74. The molecule has 0 aliphatic rings. The average molecular weight is 278 g/mol. The molecule has 0 saturated heterocycles. The highest BCUT2D eigenvalue weighted by Crippen LogP contribution is 2.24. The molecule has 4 heteroatoms. The summed E-state index contributed by atoms with van der Waals surface area (Å²) < 4.78 is 43.3. The Hall–Kier alpha value is -2.23. The third kappa shape index (κ3) is 3.41. The van der Waals surface area contributed by atoms with E-state index in [1.54, 1.807) is 31.4 Å². The van der Waals surface area contributed by atoms with Gasteiger partial charge in [0.05, 0.1) is 12.7 Å². The lowest BCUT2D eigenvalue weighted by molar-refractivity contribution is 0.146. The van der Waals surface area contributed by atoms with Crippen LogP contribution in [-0.2, 0) is 0 Å². The van der Waals surface area contributed by atoms with Crippen LogP contribution in [0.2, 0.25) is 0 Å². The smallest absolute Gasteiger partial charge is 0.266 e. The summed E-state index contributed by atoms with van der Waals surface area (Å²) in [6.07, 6.45) is 0.610. The zero-order valence-electron chi connectivity index (χ0n) is 10.8. The first-order valence-electron chi connectivity index (χ1n) is 6.00. The fourth-order valence-corrected chi connectivity index (χ4v) is 1.74. The van der Waals surface area contributed by atoms with E-state index < -0.39 is 17.8 Å². The molecule has 104 valence electrons. The number of hydrogen-bond acceptors (Lipinski definition) is 1. The number of benzene rings is 2. The Morgan fingerprint density at radius 1 is 0.950 bits per heavy atom. The average Bonchev–Trinajstić information content (AvgIpc) is 2.46. The van der Waals surface area contributed by atoms with Crippen molar-refractivity contribution >= 4 is 12.2 Å². The number of hydrogen-bond donors (Lipinski definition) is 0. The van der Waals surface area contributed by atoms with Gasteiger partial charge in [-0.05, 0) is 35.4 Å². The van der Waals surface area contributed by atoms with Crippen LogP contribution in [0.1, 0.15) is 23.1 Å². The Kier molecular flexibility index (Phi) is 4.45. The van der Waals surface area contributed by atoms with Crippen molar-refractivity contribution < 1.29 is 17.9 Å². The third-order valence-electron chi connectivity index (χ3n) is 2.84. The van der Waals surface area contributed by atoms with Crippen molar-refractivity contribution in [1.29, 1.82) is 0 Å². The molecule has 0 aromatic heterocycles. The molecule has 20 heavy (non-hydrogen) atoms. The van der Waals surface area contributed by atoms with Gasteiger partial charge in [0.15, 0.2) is 0 Å². The van der Waals surface area contributed by atoms with Crippen molar-refractivity contribution in [2.24, 2.45) is 0 Å². The molecule has 0 aliphatic carbocycles. The molecule has 0 N–H and O–H groups in total. The zero-order valence-corrected chi connectivity index (χ0v) is 10.8. The first kappa shape index (κ1) is 14.2. The van der Waals surface area contributed by atoms with Gasteiger partial charge in [0.25, 0.3) is 6.43 Å². The Morgan fingerprint density at radius 3 is 2.15 bits per heavy atom. The van der Waals surface area contributed by atoms with Gasteiger partial charge in [0, 0.05) is 0 Å². The van der Waals surface area contributed by atoms with E-state index in [2.05, 4.69) is 0 Å². The fraction of sp³-hybridized carbons (Fsp3) is 0.125. The molecule has 0 unspecified atom stereocenters. The molecule has 0 amide bonds. The number of ether oxygens (including phenoxy) is 1. The highest BCUT2D eigenvalue weighted by atomic mass is 19.3. The normalized spacial score (nSPS) is 11.2. The molecule has 2 rings (SSSR count).